The zero-order chi connectivity index (χ0) is 15.1. The van der Waals surface area contributed by atoms with Gasteiger partial charge in [0.15, 0.2) is 0 Å². The number of rotatable bonds is 3. The van der Waals surface area contributed by atoms with Crippen LogP contribution in [-0.4, -0.2) is 17.5 Å². The normalized spacial score (nSPS) is 22.6. The standard InChI is InChI=1S/C14H18ClN3O2/c1-8(2)7-14(3)12(19)18(13(20)17-14)11-5-4-9(16)6-10(11)15/h4-6,8H,7,16H2,1-3H3,(H,17,20). The summed E-state index contributed by atoms with van der Waals surface area (Å²) in [5.41, 5.74) is 5.57. The fourth-order valence-corrected chi connectivity index (χ4v) is 2.84. The summed E-state index contributed by atoms with van der Waals surface area (Å²) in [5, 5.41) is 3.03. The highest BCUT2D eigenvalue weighted by Gasteiger charge is 2.48. The van der Waals surface area contributed by atoms with Crippen LogP contribution in [-0.2, 0) is 4.79 Å². The van der Waals surface area contributed by atoms with Gasteiger partial charge < -0.3 is 11.1 Å². The van der Waals surface area contributed by atoms with Gasteiger partial charge in [-0.25, -0.2) is 9.69 Å². The molecule has 0 aromatic heterocycles. The third-order valence-corrected chi connectivity index (χ3v) is 3.59. The van der Waals surface area contributed by atoms with Gasteiger partial charge in [-0.15, -0.1) is 0 Å². The van der Waals surface area contributed by atoms with E-state index in [1.54, 1.807) is 19.1 Å². The quantitative estimate of drug-likeness (QED) is 0.665. The number of benzene rings is 1. The van der Waals surface area contributed by atoms with E-state index >= 15 is 0 Å². The number of nitrogen functional groups attached to an aromatic ring is 1. The fourth-order valence-electron chi connectivity index (χ4n) is 2.56. The lowest BCUT2D eigenvalue weighted by Gasteiger charge is -2.23. The Balaban J connectivity index is 2.38. The molecule has 1 heterocycles. The molecule has 0 bridgehead atoms. The van der Waals surface area contributed by atoms with Crippen LogP contribution in [0.1, 0.15) is 27.2 Å². The van der Waals surface area contributed by atoms with E-state index < -0.39 is 11.6 Å². The minimum atomic E-state index is -0.893. The molecule has 6 heteroatoms. The number of carbonyl (C=O) groups excluding carboxylic acids is 2. The van der Waals surface area contributed by atoms with Crippen LogP contribution in [0.4, 0.5) is 16.2 Å². The highest BCUT2D eigenvalue weighted by Crippen LogP contribution is 2.34. The molecule has 1 aromatic rings. The molecule has 1 unspecified atom stereocenters. The summed E-state index contributed by atoms with van der Waals surface area (Å²) in [6.07, 6.45) is 0.570. The number of imide groups is 1. The zero-order valence-electron chi connectivity index (χ0n) is 11.7. The number of hydrogen-bond acceptors (Lipinski definition) is 3. The van der Waals surface area contributed by atoms with Gasteiger partial charge in [-0.3, -0.25) is 4.79 Å². The number of nitrogens with two attached hydrogens (primary N) is 1. The van der Waals surface area contributed by atoms with E-state index in [1.165, 1.54) is 6.07 Å². The van der Waals surface area contributed by atoms with Crippen molar-refractivity contribution in [2.75, 3.05) is 10.6 Å². The lowest BCUT2D eigenvalue weighted by atomic mass is 9.91. The van der Waals surface area contributed by atoms with Crippen molar-refractivity contribution in [2.24, 2.45) is 5.92 Å². The van der Waals surface area contributed by atoms with E-state index in [2.05, 4.69) is 5.32 Å². The van der Waals surface area contributed by atoms with Gasteiger partial charge in [-0.1, -0.05) is 25.4 Å². The fraction of sp³-hybridized carbons (Fsp3) is 0.429. The Morgan fingerprint density at radius 3 is 2.60 bits per heavy atom. The predicted molar refractivity (Wildman–Crippen MR) is 79.7 cm³/mol. The second-order valence-electron chi connectivity index (χ2n) is 5.71. The SMILES string of the molecule is CC(C)CC1(C)NC(=O)N(c2ccc(N)cc2Cl)C1=O. The third kappa shape index (κ3) is 2.45. The second kappa shape index (κ2) is 4.98. The minimum absolute atomic E-state index is 0.280. The van der Waals surface area contributed by atoms with E-state index in [9.17, 15) is 9.59 Å². The molecule has 0 radical (unpaired) electrons. The summed E-state index contributed by atoms with van der Waals surface area (Å²) in [6.45, 7) is 5.74. The number of anilines is 2. The first kappa shape index (κ1) is 14.7. The third-order valence-electron chi connectivity index (χ3n) is 3.29. The Labute approximate surface area is 123 Å². The number of halogens is 1. The maximum Gasteiger partial charge on any atom is 0.329 e. The highest BCUT2D eigenvalue weighted by molar-refractivity contribution is 6.36. The molecule has 20 heavy (non-hydrogen) atoms. The first-order valence-electron chi connectivity index (χ1n) is 6.46. The molecule has 3 N–H and O–H groups in total. The second-order valence-corrected chi connectivity index (χ2v) is 6.12. The number of nitrogens with zero attached hydrogens (tertiary/aromatic N) is 1. The van der Waals surface area contributed by atoms with Crippen molar-refractivity contribution in [2.45, 2.75) is 32.7 Å². The van der Waals surface area contributed by atoms with Crippen LogP contribution in [0.15, 0.2) is 18.2 Å². The molecule has 108 valence electrons. The summed E-state index contributed by atoms with van der Waals surface area (Å²) >= 11 is 6.09. The number of nitrogens with one attached hydrogen (secondary N) is 1. The maximum atomic E-state index is 12.6. The molecule has 1 aromatic carbocycles. The van der Waals surface area contributed by atoms with Gasteiger partial charge in [-0.2, -0.15) is 0 Å². The van der Waals surface area contributed by atoms with E-state index in [0.717, 1.165) is 4.90 Å². The van der Waals surface area contributed by atoms with Crippen LogP contribution in [0.3, 0.4) is 0 Å². The number of urea groups is 1. The molecule has 0 spiro atoms. The van der Waals surface area contributed by atoms with E-state index in [1.807, 2.05) is 13.8 Å². The highest BCUT2D eigenvalue weighted by atomic mass is 35.5. The molecule has 1 atom stereocenters. The predicted octanol–water partition coefficient (Wildman–Crippen LogP) is 2.78. The van der Waals surface area contributed by atoms with Crippen molar-refractivity contribution < 1.29 is 9.59 Å². The molecular formula is C14H18ClN3O2. The summed E-state index contributed by atoms with van der Waals surface area (Å²) in [7, 11) is 0. The van der Waals surface area contributed by atoms with Gasteiger partial charge in [0.1, 0.15) is 5.54 Å². The Kier molecular flexibility index (Phi) is 3.65. The zero-order valence-corrected chi connectivity index (χ0v) is 12.5. The summed E-state index contributed by atoms with van der Waals surface area (Å²) in [6, 6.07) is 4.26. The first-order valence-corrected chi connectivity index (χ1v) is 6.84. The van der Waals surface area contributed by atoms with Gasteiger partial charge >= 0.3 is 6.03 Å². The Morgan fingerprint density at radius 2 is 2.05 bits per heavy atom. The van der Waals surface area contributed by atoms with E-state index in [-0.39, 0.29) is 16.8 Å². The molecule has 1 aliphatic heterocycles. The first-order chi connectivity index (χ1) is 9.24. The van der Waals surface area contributed by atoms with Crippen LogP contribution in [0.2, 0.25) is 5.02 Å². The van der Waals surface area contributed by atoms with E-state index in [0.29, 0.717) is 17.8 Å². The van der Waals surface area contributed by atoms with Crippen molar-refractivity contribution in [1.29, 1.82) is 0 Å². The summed E-state index contributed by atoms with van der Waals surface area (Å²) in [5.74, 6) is -0.00559. The molecule has 1 fully saturated rings. The monoisotopic (exact) mass is 295 g/mol. The Hall–Kier alpha value is -1.75. The minimum Gasteiger partial charge on any atom is -0.399 e. The molecule has 0 saturated carbocycles. The molecule has 1 saturated heterocycles. The van der Waals surface area contributed by atoms with Crippen molar-refractivity contribution in [3.05, 3.63) is 23.2 Å². The largest absolute Gasteiger partial charge is 0.399 e. The van der Waals surface area contributed by atoms with Gasteiger partial charge in [0.25, 0.3) is 5.91 Å². The van der Waals surface area contributed by atoms with Crippen LogP contribution in [0, 0.1) is 5.92 Å². The lowest BCUT2D eigenvalue weighted by molar-refractivity contribution is -0.122. The van der Waals surface area contributed by atoms with Crippen molar-refractivity contribution in [1.82, 2.24) is 5.32 Å². The molecular weight excluding hydrogens is 278 g/mol. The number of hydrogen-bond donors (Lipinski definition) is 2. The summed E-state index contributed by atoms with van der Waals surface area (Å²) in [4.78, 5) is 25.8. The molecule has 1 aliphatic rings. The smallest absolute Gasteiger partial charge is 0.329 e. The average Bonchev–Trinajstić information content (AvgIpc) is 2.50. The van der Waals surface area contributed by atoms with Gasteiger partial charge in [-0.05, 0) is 37.5 Å². The van der Waals surface area contributed by atoms with Crippen molar-refractivity contribution >= 4 is 34.9 Å². The van der Waals surface area contributed by atoms with E-state index in [4.69, 9.17) is 17.3 Å². The molecule has 0 aliphatic carbocycles. The Morgan fingerprint density at radius 1 is 1.40 bits per heavy atom. The van der Waals surface area contributed by atoms with Crippen LogP contribution in [0.5, 0.6) is 0 Å². The van der Waals surface area contributed by atoms with Crippen molar-refractivity contribution in [3.8, 4) is 0 Å². The maximum absolute atomic E-state index is 12.6. The summed E-state index contributed by atoms with van der Waals surface area (Å²) < 4.78 is 0. The van der Waals surface area contributed by atoms with Crippen LogP contribution < -0.4 is 16.0 Å². The van der Waals surface area contributed by atoms with Gasteiger partial charge in [0, 0.05) is 5.69 Å². The van der Waals surface area contributed by atoms with Gasteiger partial charge in [0.05, 0.1) is 10.7 Å². The average molecular weight is 296 g/mol. The van der Waals surface area contributed by atoms with Crippen LogP contribution in [0.25, 0.3) is 0 Å². The molecule has 5 nitrogen and oxygen atoms in total. The number of amides is 3. The molecule has 2 rings (SSSR count). The lowest BCUT2D eigenvalue weighted by Crippen LogP contribution is -2.45. The van der Waals surface area contributed by atoms with Crippen molar-refractivity contribution in [3.63, 3.8) is 0 Å². The Bertz CT molecular complexity index is 574. The molecule has 3 amide bonds. The van der Waals surface area contributed by atoms with Gasteiger partial charge in [0.2, 0.25) is 0 Å². The topological polar surface area (TPSA) is 75.4 Å². The number of carbonyl (C=O) groups is 2. The van der Waals surface area contributed by atoms with Crippen LogP contribution >= 0.6 is 11.6 Å².